The van der Waals surface area contributed by atoms with E-state index in [9.17, 15) is 4.79 Å². The molecule has 0 aromatic rings. The number of allylic oxidation sites excluding steroid dienone is 2. The molecule has 0 aliphatic heterocycles. The van der Waals surface area contributed by atoms with Gasteiger partial charge in [-0.3, -0.25) is 4.79 Å². The Labute approximate surface area is 90.3 Å². The average molecular weight is 209 g/mol. The van der Waals surface area contributed by atoms with E-state index in [0.29, 0.717) is 18.4 Å². The second-order valence-electron chi connectivity index (χ2n) is 5.25. The van der Waals surface area contributed by atoms with Crippen LogP contribution in [0.4, 0.5) is 0 Å². The number of aliphatic carboxylic acids is 1. The summed E-state index contributed by atoms with van der Waals surface area (Å²) in [6, 6.07) is 0. The fourth-order valence-corrected chi connectivity index (χ4v) is 3.69. The number of carboxylic acid groups (broad SMARTS) is 1. The Morgan fingerprint density at radius 3 is 2.73 bits per heavy atom. The summed E-state index contributed by atoms with van der Waals surface area (Å²) in [4.78, 5) is 10.9. The first-order chi connectivity index (χ1) is 7.00. The molecule has 2 aliphatic rings. The van der Waals surface area contributed by atoms with E-state index in [1.54, 1.807) is 0 Å². The monoisotopic (exact) mass is 209 g/mol. The molecule has 0 saturated heterocycles. The Kier molecular flexibility index (Phi) is 2.38. The van der Waals surface area contributed by atoms with Crippen LogP contribution in [0, 0.1) is 17.3 Å². The highest BCUT2D eigenvalue weighted by Crippen LogP contribution is 2.62. The fraction of sp³-hybridized carbons (Fsp3) is 0.750. The Hall–Kier alpha value is -0.830. The first-order valence-electron chi connectivity index (χ1n) is 5.58. The third-order valence-corrected chi connectivity index (χ3v) is 4.42. The van der Waals surface area contributed by atoms with Crippen molar-refractivity contribution in [3.63, 3.8) is 0 Å². The second-order valence-corrected chi connectivity index (χ2v) is 5.25. The summed E-state index contributed by atoms with van der Waals surface area (Å²) >= 11 is 0. The third-order valence-electron chi connectivity index (χ3n) is 4.42. The fourth-order valence-electron chi connectivity index (χ4n) is 3.69. The molecule has 3 nitrogen and oxygen atoms in total. The summed E-state index contributed by atoms with van der Waals surface area (Å²) in [5, 5.41) is 8.95. The van der Waals surface area contributed by atoms with Gasteiger partial charge in [0.15, 0.2) is 0 Å². The normalized spacial score (nSPS) is 38.9. The maximum atomic E-state index is 10.9. The second kappa shape index (κ2) is 3.34. The van der Waals surface area contributed by atoms with Gasteiger partial charge in [0.05, 0.1) is 6.42 Å². The van der Waals surface area contributed by atoms with Crippen molar-refractivity contribution < 1.29 is 9.90 Å². The standard InChI is InChI=1S/C12H19NO2/c1-7-3-9-4-12(6-13,5-10(14)15)11(9)8(7)2/h9,11H,3-6,13H2,1-2H3,(H,14,15)/t9-,11-,12+/m0/s1. The van der Waals surface area contributed by atoms with Crippen molar-refractivity contribution in [3.8, 4) is 0 Å². The summed E-state index contributed by atoms with van der Waals surface area (Å²) in [6.07, 6.45) is 2.38. The van der Waals surface area contributed by atoms with Gasteiger partial charge in [-0.05, 0) is 45.1 Å². The van der Waals surface area contributed by atoms with Crippen LogP contribution < -0.4 is 5.73 Å². The van der Waals surface area contributed by atoms with Crippen LogP contribution in [0.25, 0.3) is 0 Å². The topological polar surface area (TPSA) is 63.3 Å². The summed E-state index contributed by atoms with van der Waals surface area (Å²) in [5.74, 6) is 0.405. The van der Waals surface area contributed by atoms with Crippen LogP contribution >= 0.6 is 0 Å². The highest BCUT2D eigenvalue weighted by Gasteiger charge is 2.56. The lowest BCUT2D eigenvalue weighted by atomic mass is 9.52. The Balaban J connectivity index is 2.21. The molecule has 1 fully saturated rings. The minimum atomic E-state index is -0.712. The zero-order chi connectivity index (χ0) is 11.2. The maximum absolute atomic E-state index is 10.9. The van der Waals surface area contributed by atoms with Gasteiger partial charge in [-0.15, -0.1) is 0 Å². The van der Waals surface area contributed by atoms with E-state index in [1.165, 1.54) is 11.1 Å². The SMILES string of the molecule is CC1=C(C)[C@H]2[C@@H](C1)C[C@]2(CN)CC(=O)O. The molecule has 0 unspecified atom stereocenters. The quantitative estimate of drug-likeness (QED) is 0.696. The molecule has 0 radical (unpaired) electrons. The molecule has 0 spiro atoms. The number of carbonyl (C=O) groups is 1. The maximum Gasteiger partial charge on any atom is 0.303 e. The molecule has 0 bridgehead atoms. The molecule has 0 aromatic carbocycles. The minimum absolute atomic E-state index is 0.141. The molecule has 3 heteroatoms. The van der Waals surface area contributed by atoms with Crippen LogP contribution in [0.1, 0.15) is 33.1 Å². The lowest BCUT2D eigenvalue weighted by Gasteiger charge is -2.52. The van der Waals surface area contributed by atoms with Crippen molar-refractivity contribution in [1.82, 2.24) is 0 Å². The summed E-state index contributed by atoms with van der Waals surface area (Å²) in [7, 11) is 0. The molecule has 1 saturated carbocycles. The van der Waals surface area contributed by atoms with Gasteiger partial charge in [0.25, 0.3) is 0 Å². The number of fused-ring (bicyclic) bond motifs is 1. The highest BCUT2D eigenvalue weighted by atomic mass is 16.4. The molecule has 3 N–H and O–H groups in total. The van der Waals surface area contributed by atoms with Crippen molar-refractivity contribution in [3.05, 3.63) is 11.1 Å². The Bertz CT molecular complexity index is 335. The largest absolute Gasteiger partial charge is 0.481 e. The summed E-state index contributed by atoms with van der Waals surface area (Å²) < 4.78 is 0. The molecule has 2 rings (SSSR count). The smallest absolute Gasteiger partial charge is 0.303 e. The lowest BCUT2D eigenvalue weighted by molar-refractivity contribution is -0.144. The van der Waals surface area contributed by atoms with Gasteiger partial charge in [0.2, 0.25) is 0 Å². The summed E-state index contributed by atoms with van der Waals surface area (Å²) in [6.45, 7) is 4.81. The highest BCUT2D eigenvalue weighted by molar-refractivity contribution is 5.68. The molecular formula is C12H19NO2. The number of rotatable bonds is 3. The number of hydrogen-bond donors (Lipinski definition) is 2. The Morgan fingerprint density at radius 1 is 1.60 bits per heavy atom. The van der Waals surface area contributed by atoms with Crippen LogP contribution in [0.2, 0.25) is 0 Å². The molecular weight excluding hydrogens is 190 g/mol. The Morgan fingerprint density at radius 2 is 2.27 bits per heavy atom. The van der Waals surface area contributed by atoms with Gasteiger partial charge in [0.1, 0.15) is 0 Å². The van der Waals surface area contributed by atoms with Crippen LogP contribution in [0.15, 0.2) is 11.1 Å². The van der Waals surface area contributed by atoms with Crippen molar-refractivity contribution >= 4 is 5.97 Å². The van der Waals surface area contributed by atoms with Gasteiger partial charge in [0, 0.05) is 5.41 Å². The van der Waals surface area contributed by atoms with E-state index in [0.717, 1.165) is 12.8 Å². The predicted molar refractivity (Wildman–Crippen MR) is 58.3 cm³/mol. The van der Waals surface area contributed by atoms with Crippen LogP contribution in [-0.4, -0.2) is 17.6 Å². The first kappa shape index (κ1) is 10.7. The van der Waals surface area contributed by atoms with E-state index in [-0.39, 0.29) is 11.8 Å². The predicted octanol–water partition coefficient (Wildman–Crippen LogP) is 1.78. The van der Waals surface area contributed by atoms with Crippen LogP contribution in [-0.2, 0) is 4.79 Å². The third kappa shape index (κ3) is 1.41. The van der Waals surface area contributed by atoms with E-state index in [1.807, 2.05) is 0 Å². The van der Waals surface area contributed by atoms with Gasteiger partial charge >= 0.3 is 5.97 Å². The van der Waals surface area contributed by atoms with Crippen LogP contribution in [0.5, 0.6) is 0 Å². The van der Waals surface area contributed by atoms with Crippen LogP contribution in [0.3, 0.4) is 0 Å². The van der Waals surface area contributed by atoms with Crippen molar-refractivity contribution in [1.29, 1.82) is 0 Å². The zero-order valence-corrected chi connectivity index (χ0v) is 9.42. The number of hydrogen-bond acceptors (Lipinski definition) is 2. The number of carboxylic acids is 1. The molecule has 3 atom stereocenters. The van der Waals surface area contributed by atoms with Crippen molar-refractivity contribution in [2.75, 3.05) is 6.54 Å². The number of nitrogens with two attached hydrogens (primary N) is 1. The first-order valence-corrected chi connectivity index (χ1v) is 5.58. The molecule has 2 aliphatic carbocycles. The average Bonchev–Trinajstić information content (AvgIpc) is 2.35. The van der Waals surface area contributed by atoms with Crippen molar-refractivity contribution in [2.45, 2.75) is 33.1 Å². The van der Waals surface area contributed by atoms with Gasteiger partial charge in [-0.1, -0.05) is 11.1 Å². The molecule has 84 valence electrons. The molecule has 15 heavy (non-hydrogen) atoms. The molecule has 0 amide bonds. The van der Waals surface area contributed by atoms with E-state index in [4.69, 9.17) is 10.8 Å². The van der Waals surface area contributed by atoms with Gasteiger partial charge in [-0.2, -0.15) is 0 Å². The lowest BCUT2D eigenvalue weighted by Crippen LogP contribution is -2.52. The van der Waals surface area contributed by atoms with Crippen molar-refractivity contribution in [2.24, 2.45) is 23.0 Å². The summed E-state index contributed by atoms with van der Waals surface area (Å²) in [5.41, 5.74) is 8.50. The van der Waals surface area contributed by atoms with Gasteiger partial charge in [-0.25, -0.2) is 0 Å². The zero-order valence-electron chi connectivity index (χ0n) is 9.42. The minimum Gasteiger partial charge on any atom is -0.481 e. The van der Waals surface area contributed by atoms with E-state index in [2.05, 4.69) is 13.8 Å². The van der Waals surface area contributed by atoms with E-state index >= 15 is 0 Å². The van der Waals surface area contributed by atoms with Gasteiger partial charge < -0.3 is 10.8 Å². The molecule has 0 heterocycles. The molecule has 0 aromatic heterocycles. The van der Waals surface area contributed by atoms with E-state index < -0.39 is 5.97 Å².